The third-order valence-electron chi connectivity index (χ3n) is 2.74. The second-order valence-electron chi connectivity index (χ2n) is 4.07. The van der Waals surface area contributed by atoms with Crippen molar-refractivity contribution in [1.82, 2.24) is 0 Å². The number of carbonyl (C=O) groups excluding carboxylic acids is 1. The lowest BCUT2D eigenvalue weighted by atomic mass is 10.0. The Hall–Kier alpha value is -1.62. The largest absolute Gasteiger partial charge is 0.447 e. The van der Waals surface area contributed by atoms with Crippen LogP contribution < -0.4 is 10.6 Å². The summed E-state index contributed by atoms with van der Waals surface area (Å²) < 4.78 is 18.0. The van der Waals surface area contributed by atoms with Gasteiger partial charge < -0.3 is 10.5 Å². The highest BCUT2D eigenvalue weighted by atomic mass is 19.1. The topological polar surface area (TPSA) is 55.6 Å². The van der Waals surface area contributed by atoms with Crippen LogP contribution in [0.5, 0.6) is 0 Å². The van der Waals surface area contributed by atoms with Crippen LogP contribution in [0, 0.1) is 5.82 Å². The van der Waals surface area contributed by atoms with Crippen molar-refractivity contribution >= 4 is 11.8 Å². The fourth-order valence-electron chi connectivity index (χ4n) is 1.75. The normalized spacial score (nSPS) is 24.7. The molecule has 1 aromatic rings. The van der Waals surface area contributed by atoms with Crippen molar-refractivity contribution in [2.24, 2.45) is 5.73 Å². The number of amides is 1. The van der Waals surface area contributed by atoms with E-state index in [9.17, 15) is 9.18 Å². The van der Waals surface area contributed by atoms with Gasteiger partial charge in [-0.05, 0) is 25.1 Å². The van der Waals surface area contributed by atoms with Crippen molar-refractivity contribution in [2.45, 2.75) is 12.5 Å². The minimum atomic E-state index is -0.606. The van der Waals surface area contributed by atoms with E-state index in [2.05, 4.69) is 0 Å². The summed E-state index contributed by atoms with van der Waals surface area (Å²) in [6.07, 6.45) is -0.487. The number of halogens is 1. The number of rotatable bonds is 2. The van der Waals surface area contributed by atoms with E-state index in [1.165, 1.54) is 17.0 Å². The second kappa shape index (κ2) is 3.75. The van der Waals surface area contributed by atoms with E-state index < -0.39 is 17.4 Å². The van der Waals surface area contributed by atoms with Gasteiger partial charge in [-0.25, -0.2) is 9.18 Å². The van der Waals surface area contributed by atoms with Crippen molar-refractivity contribution in [1.29, 1.82) is 0 Å². The Morgan fingerprint density at radius 3 is 3.00 bits per heavy atom. The third-order valence-corrected chi connectivity index (χ3v) is 2.74. The quantitative estimate of drug-likeness (QED) is 0.828. The highest BCUT2D eigenvalue weighted by Crippen LogP contribution is 2.30. The summed E-state index contributed by atoms with van der Waals surface area (Å²) >= 11 is 0. The van der Waals surface area contributed by atoms with Crippen LogP contribution >= 0.6 is 0 Å². The van der Waals surface area contributed by atoms with Gasteiger partial charge in [0.05, 0.1) is 11.2 Å². The van der Waals surface area contributed by atoms with E-state index in [-0.39, 0.29) is 13.2 Å². The molecule has 2 N–H and O–H groups in total. The number of anilines is 1. The smallest absolute Gasteiger partial charge is 0.415 e. The SMILES string of the molecule is CC1(CN)COC(=O)N1c1cccc(F)c1. The minimum Gasteiger partial charge on any atom is -0.447 e. The molecular weight excluding hydrogens is 211 g/mol. The van der Waals surface area contributed by atoms with E-state index in [0.717, 1.165) is 0 Å². The Labute approximate surface area is 92.8 Å². The average Bonchev–Trinajstić information content (AvgIpc) is 2.56. The number of carbonyl (C=O) groups is 1. The summed E-state index contributed by atoms with van der Waals surface area (Å²) in [6.45, 7) is 2.29. The van der Waals surface area contributed by atoms with Crippen LogP contribution in [0.25, 0.3) is 0 Å². The van der Waals surface area contributed by atoms with Gasteiger partial charge in [0.15, 0.2) is 0 Å². The summed E-state index contributed by atoms with van der Waals surface area (Å²) in [5.74, 6) is -0.392. The Balaban J connectivity index is 2.41. The molecule has 1 saturated heterocycles. The molecule has 1 fully saturated rings. The summed E-state index contributed by atoms with van der Waals surface area (Å²) in [5.41, 5.74) is 5.49. The van der Waals surface area contributed by atoms with E-state index >= 15 is 0 Å². The molecule has 86 valence electrons. The zero-order valence-electron chi connectivity index (χ0n) is 8.94. The fourth-order valence-corrected chi connectivity index (χ4v) is 1.75. The molecule has 1 aromatic carbocycles. The highest BCUT2D eigenvalue weighted by Gasteiger charge is 2.43. The lowest BCUT2D eigenvalue weighted by Gasteiger charge is -2.30. The first-order valence-corrected chi connectivity index (χ1v) is 4.99. The molecule has 1 unspecified atom stereocenters. The Kier molecular flexibility index (Phi) is 2.55. The number of cyclic esters (lactones) is 1. The number of benzene rings is 1. The van der Waals surface area contributed by atoms with E-state index in [0.29, 0.717) is 5.69 Å². The Morgan fingerprint density at radius 1 is 1.62 bits per heavy atom. The first-order valence-electron chi connectivity index (χ1n) is 4.99. The molecule has 4 nitrogen and oxygen atoms in total. The molecule has 1 amide bonds. The van der Waals surface area contributed by atoms with Gasteiger partial charge in [-0.2, -0.15) is 0 Å². The molecule has 0 saturated carbocycles. The summed E-state index contributed by atoms with van der Waals surface area (Å²) in [4.78, 5) is 13.0. The molecule has 1 heterocycles. The van der Waals surface area contributed by atoms with Gasteiger partial charge in [0.1, 0.15) is 12.4 Å². The van der Waals surface area contributed by atoms with Gasteiger partial charge in [0.2, 0.25) is 0 Å². The maximum atomic E-state index is 13.1. The predicted octanol–water partition coefficient (Wildman–Crippen LogP) is 1.50. The third kappa shape index (κ3) is 1.63. The van der Waals surface area contributed by atoms with Gasteiger partial charge >= 0.3 is 6.09 Å². The molecule has 0 radical (unpaired) electrons. The molecule has 1 aliphatic rings. The van der Waals surface area contributed by atoms with Gasteiger partial charge in [-0.1, -0.05) is 6.07 Å². The Bertz CT molecular complexity index is 424. The molecular formula is C11H13FN2O2. The zero-order chi connectivity index (χ0) is 11.8. The van der Waals surface area contributed by atoms with Crippen LogP contribution in [0.2, 0.25) is 0 Å². The molecule has 1 atom stereocenters. The molecule has 0 spiro atoms. The first kappa shape index (κ1) is 10.9. The van der Waals surface area contributed by atoms with Crippen LogP contribution in [0.3, 0.4) is 0 Å². The average molecular weight is 224 g/mol. The molecule has 1 aliphatic heterocycles. The lowest BCUT2D eigenvalue weighted by molar-refractivity contribution is 0.174. The number of hydrogen-bond donors (Lipinski definition) is 1. The lowest BCUT2D eigenvalue weighted by Crippen LogP contribution is -2.50. The van der Waals surface area contributed by atoms with Crippen LogP contribution in [-0.2, 0) is 4.74 Å². The number of ether oxygens (including phenoxy) is 1. The summed E-state index contributed by atoms with van der Waals surface area (Å²) in [5, 5.41) is 0. The van der Waals surface area contributed by atoms with Crippen LogP contribution in [0.1, 0.15) is 6.92 Å². The van der Waals surface area contributed by atoms with Crippen LogP contribution in [-0.4, -0.2) is 24.8 Å². The summed E-state index contributed by atoms with van der Waals surface area (Å²) in [6, 6.07) is 5.82. The van der Waals surface area contributed by atoms with Crippen molar-refractivity contribution in [3.05, 3.63) is 30.1 Å². The summed E-state index contributed by atoms with van der Waals surface area (Å²) in [7, 11) is 0. The molecule has 0 bridgehead atoms. The number of nitrogens with zero attached hydrogens (tertiary/aromatic N) is 1. The highest BCUT2D eigenvalue weighted by molar-refractivity contribution is 5.91. The second-order valence-corrected chi connectivity index (χ2v) is 4.07. The molecule has 0 aliphatic carbocycles. The van der Waals surface area contributed by atoms with Gasteiger partial charge in [0, 0.05) is 6.54 Å². The fraction of sp³-hybridized carbons (Fsp3) is 0.364. The van der Waals surface area contributed by atoms with E-state index in [1.54, 1.807) is 12.1 Å². The standard InChI is InChI=1S/C11H13FN2O2/c1-11(6-13)7-16-10(15)14(11)9-4-2-3-8(12)5-9/h2-5H,6-7,13H2,1H3. The van der Waals surface area contributed by atoms with Gasteiger partial charge in [-0.3, -0.25) is 4.90 Å². The maximum absolute atomic E-state index is 13.1. The van der Waals surface area contributed by atoms with Crippen molar-refractivity contribution in [2.75, 3.05) is 18.1 Å². The maximum Gasteiger partial charge on any atom is 0.415 e. The van der Waals surface area contributed by atoms with Gasteiger partial charge in [0.25, 0.3) is 0 Å². The molecule has 5 heteroatoms. The van der Waals surface area contributed by atoms with E-state index in [1.807, 2.05) is 6.92 Å². The van der Waals surface area contributed by atoms with Crippen LogP contribution in [0.4, 0.5) is 14.9 Å². The Morgan fingerprint density at radius 2 is 2.38 bits per heavy atom. The zero-order valence-corrected chi connectivity index (χ0v) is 8.94. The first-order chi connectivity index (χ1) is 7.57. The minimum absolute atomic E-state index is 0.221. The molecule has 0 aromatic heterocycles. The van der Waals surface area contributed by atoms with Crippen molar-refractivity contribution < 1.29 is 13.9 Å². The van der Waals surface area contributed by atoms with Gasteiger partial charge in [-0.15, -0.1) is 0 Å². The van der Waals surface area contributed by atoms with Crippen molar-refractivity contribution in [3.63, 3.8) is 0 Å². The number of hydrogen-bond acceptors (Lipinski definition) is 3. The monoisotopic (exact) mass is 224 g/mol. The van der Waals surface area contributed by atoms with Crippen LogP contribution in [0.15, 0.2) is 24.3 Å². The number of nitrogens with two attached hydrogens (primary N) is 1. The van der Waals surface area contributed by atoms with Crippen molar-refractivity contribution in [3.8, 4) is 0 Å². The van der Waals surface area contributed by atoms with E-state index in [4.69, 9.17) is 10.5 Å². The predicted molar refractivity (Wildman–Crippen MR) is 57.7 cm³/mol. The molecule has 16 heavy (non-hydrogen) atoms. The molecule has 2 rings (SSSR count).